The van der Waals surface area contributed by atoms with Crippen LogP contribution in [0.4, 0.5) is 11.4 Å². The zero-order valence-corrected chi connectivity index (χ0v) is 16.6. The summed E-state index contributed by atoms with van der Waals surface area (Å²) >= 11 is 17.8. The fourth-order valence-corrected chi connectivity index (χ4v) is 2.62. The number of esters is 1. The Bertz CT molecular complexity index is 885. The largest absolute Gasteiger partial charge is 0.449 e. The topological polar surface area (TPSA) is 84.5 Å². The van der Waals surface area contributed by atoms with Crippen LogP contribution in [0.2, 0.25) is 15.1 Å². The van der Waals surface area contributed by atoms with E-state index >= 15 is 0 Å². The van der Waals surface area contributed by atoms with E-state index in [1.807, 2.05) is 0 Å². The van der Waals surface area contributed by atoms with E-state index in [0.29, 0.717) is 5.69 Å². The molecule has 1 unspecified atom stereocenters. The van der Waals surface area contributed by atoms with Crippen molar-refractivity contribution in [1.29, 1.82) is 0 Å². The number of halogens is 3. The second kappa shape index (κ2) is 9.08. The molecule has 0 radical (unpaired) electrons. The van der Waals surface area contributed by atoms with E-state index in [4.69, 9.17) is 39.5 Å². The molecule has 9 heteroatoms. The molecular weight excluding hydrogens is 415 g/mol. The van der Waals surface area contributed by atoms with Crippen molar-refractivity contribution in [2.75, 3.05) is 10.6 Å². The van der Waals surface area contributed by atoms with E-state index in [1.165, 1.54) is 38.1 Å². The number of rotatable bonds is 5. The molecule has 0 fully saturated rings. The van der Waals surface area contributed by atoms with E-state index < -0.39 is 18.0 Å². The number of hydrogen-bond donors (Lipinski definition) is 2. The molecule has 0 spiro atoms. The van der Waals surface area contributed by atoms with Gasteiger partial charge in [0.05, 0.1) is 26.3 Å². The molecule has 0 bridgehead atoms. The van der Waals surface area contributed by atoms with Crippen molar-refractivity contribution < 1.29 is 19.1 Å². The van der Waals surface area contributed by atoms with Crippen LogP contribution in [0.15, 0.2) is 36.4 Å². The number of carbonyl (C=O) groups excluding carboxylic acids is 3. The molecule has 27 heavy (non-hydrogen) atoms. The fourth-order valence-electron chi connectivity index (χ4n) is 2.03. The number of nitrogens with one attached hydrogen (secondary N) is 2. The third-order valence-electron chi connectivity index (χ3n) is 3.36. The van der Waals surface area contributed by atoms with E-state index in [-0.39, 0.29) is 32.2 Å². The first-order valence-electron chi connectivity index (χ1n) is 7.71. The molecule has 0 heterocycles. The Labute approximate surface area is 170 Å². The van der Waals surface area contributed by atoms with Crippen LogP contribution in [0.5, 0.6) is 0 Å². The predicted molar refractivity (Wildman–Crippen MR) is 106 cm³/mol. The Morgan fingerprint density at radius 2 is 1.52 bits per heavy atom. The quantitative estimate of drug-likeness (QED) is 0.529. The summed E-state index contributed by atoms with van der Waals surface area (Å²) in [5.74, 6) is -1.50. The van der Waals surface area contributed by atoms with Gasteiger partial charge in [-0.3, -0.25) is 9.59 Å². The van der Waals surface area contributed by atoms with E-state index in [9.17, 15) is 14.4 Å². The molecule has 2 N–H and O–H groups in total. The summed E-state index contributed by atoms with van der Waals surface area (Å²) in [5.41, 5.74) is 1.02. The summed E-state index contributed by atoms with van der Waals surface area (Å²) in [7, 11) is 0. The highest BCUT2D eigenvalue weighted by Gasteiger charge is 2.20. The van der Waals surface area contributed by atoms with Crippen LogP contribution < -0.4 is 10.6 Å². The van der Waals surface area contributed by atoms with Gasteiger partial charge in [-0.25, -0.2) is 4.79 Å². The highest BCUT2D eigenvalue weighted by atomic mass is 35.5. The number of ether oxygens (including phenoxy) is 1. The molecule has 2 amide bonds. The molecule has 2 aromatic carbocycles. The van der Waals surface area contributed by atoms with Gasteiger partial charge in [0.25, 0.3) is 5.91 Å². The zero-order valence-electron chi connectivity index (χ0n) is 14.3. The summed E-state index contributed by atoms with van der Waals surface area (Å²) in [6.45, 7) is 2.80. The molecular formula is C18H15Cl3N2O4. The molecule has 142 valence electrons. The molecule has 0 saturated heterocycles. The van der Waals surface area contributed by atoms with Crippen LogP contribution >= 0.6 is 34.8 Å². The summed E-state index contributed by atoms with van der Waals surface area (Å²) < 4.78 is 5.14. The maximum Gasteiger partial charge on any atom is 0.338 e. The Morgan fingerprint density at radius 3 is 2.11 bits per heavy atom. The Morgan fingerprint density at radius 1 is 0.926 bits per heavy atom. The van der Waals surface area contributed by atoms with E-state index in [0.717, 1.165) is 0 Å². The number of hydrogen-bond acceptors (Lipinski definition) is 4. The lowest BCUT2D eigenvalue weighted by Gasteiger charge is -2.15. The Balaban J connectivity index is 2.00. The van der Waals surface area contributed by atoms with E-state index in [2.05, 4.69) is 10.6 Å². The third kappa shape index (κ3) is 5.85. The minimum atomic E-state index is -1.09. The number of amides is 2. The monoisotopic (exact) mass is 428 g/mol. The summed E-state index contributed by atoms with van der Waals surface area (Å²) in [5, 5.41) is 5.78. The highest BCUT2D eigenvalue weighted by Crippen LogP contribution is 2.32. The molecule has 0 saturated carbocycles. The zero-order chi connectivity index (χ0) is 20.1. The fraction of sp³-hybridized carbons (Fsp3) is 0.167. The van der Waals surface area contributed by atoms with E-state index in [1.54, 1.807) is 12.1 Å². The molecule has 0 aliphatic rings. The van der Waals surface area contributed by atoms with Crippen LogP contribution in [0.1, 0.15) is 24.2 Å². The van der Waals surface area contributed by atoms with Gasteiger partial charge < -0.3 is 15.4 Å². The van der Waals surface area contributed by atoms with Crippen molar-refractivity contribution in [2.24, 2.45) is 0 Å². The van der Waals surface area contributed by atoms with Gasteiger partial charge in [-0.15, -0.1) is 0 Å². The SMILES string of the molecule is CC(=O)Nc1ccc(C(=O)OC(C)C(=O)Nc2cc(Cl)c(Cl)cc2Cl)cc1. The van der Waals surface area contributed by atoms with Crippen molar-refractivity contribution in [1.82, 2.24) is 0 Å². The Hall–Kier alpha value is -2.28. The van der Waals surface area contributed by atoms with Crippen molar-refractivity contribution in [3.8, 4) is 0 Å². The molecule has 0 aromatic heterocycles. The smallest absolute Gasteiger partial charge is 0.338 e. The second-order valence-corrected chi connectivity index (χ2v) is 6.76. The average molecular weight is 430 g/mol. The molecule has 6 nitrogen and oxygen atoms in total. The van der Waals surface area contributed by atoms with Crippen LogP contribution in [0, 0.1) is 0 Å². The summed E-state index contributed by atoms with van der Waals surface area (Å²) in [6, 6.07) is 8.87. The Kier molecular flexibility index (Phi) is 7.07. The minimum Gasteiger partial charge on any atom is -0.449 e. The van der Waals surface area contributed by atoms with Gasteiger partial charge >= 0.3 is 5.97 Å². The lowest BCUT2D eigenvalue weighted by Crippen LogP contribution is -2.30. The van der Waals surface area contributed by atoms with Crippen LogP contribution in [0.25, 0.3) is 0 Å². The third-order valence-corrected chi connectivity index (χ3v) is 4.40. The van der Waals surface area contributed by atoms with Gasteiger partial charge in [-0.05, 0) is 43.3 Å². The van der Waals surface area contributed by atoms with Gasteiger partial charge in [0.15, 0.2) is 6.10 Å². The number of carbonyl (C=O) groups is 3. The second-order valence-electron chi connectivity index (χ2n) is 5.54. The number of anilines is 2. The summed E-state index contributed by atoms with van der Waals surface area (Å²) in [6.07, 6.45) is -1.09. The van der Waals surface area contributed by atoms with Gasteiger partial charge in [-0.2, -0.15) is 0 Å². The van der Waals surface area contributed by atoms with Gasteiger partial charge in [0.2, 0.25) is 5.91 Å². The van der Waals surface area contributed by atoms with Crippen molar-refractivity contribution in [3.63, 3.8) is 0 Å². The first-order chi connectivity index (χ1) is 12.7. The van der Waals surface area contributed by atoms with Gasteiger partial charge in [-0.1, -0.05) is 34.8 Å². The lowest BCUT2D eigenvalue weighted by atomic mass is 10.2. The average Bonchev–Trinajstić information content (AvgIpc) is 2.59. The van der Waals surface area contributed by atoms with Crippen molar-refractivity contribution in [2.45, 2.75) is 20.0 Å². The number of benzene rings is 2. The molecule has 2 rings (SSSR count). The van der Waals surface area contributed by atoms with Gasteiger partial charge in [0, 0.05) is 12.6 Å². The van der Waals surface area contributed by atoms with Crippen LogP contribution in [0.3, 0.4) is 0 Å². The highest BCUT2D eigenvalue weighted by molar-refractivity contribution is 6.44. The lowest BCUT2D eigenvalue weighted by molar-refractivity contribution is -0.123. The predicted octanol–water partition coefficient (Wildman–Crippen LogP) is 4.79. The molecule has 1 atom stereocenters. The first-order valence-corrected chi connectivity index (χ1v) is 8.85. The summed E-state index contributed by atoms with van der Waals surface area (Å²) in [4.78, 5) is 35.4. The maximum absolute atomic E-state index is 12.2. The molecule has 0 aliphatic carbocycles. The maximum atomic E-state index is 12.2. The minimum absolute atomic E-state index is 0.199. The normalized spacial score (nSPS) is 11.4. The van der Waals surface area contributed by atoms with Crippen molar-refractivity contribution in [3.05, 3.63) is 57.0 Å². The van der Waals surface area contributed by atoms with Crippen LogP contribution in [-0.2, 0) is 14.3 Å². The van der Waals surface area contributed by atoms with Crippen LogP contribution in [-0.4, -0.2) is 23.9 Å². The first kappa shape index (κ1) is 21.0. The molecule has 0 aliphatic heterocycles. The molecule has 2 aromatic rings. The van der Waals surface area contributed by atoms with Gasteiger partial charge in [0.1, 0.15) is 0 Å². The standard InChI is InChI=1S/C18H15Cl3N2O4/c1-9(17(25)23-16-8-14(20)13(19)7-15(16)21)27-18(26)11-3-5-12(6-4-11)22-10(2)24/h3-9H,1-2H3,(H,22,24)(H,23,25). The van der Waals surface area contributed by atoms with Crippen molar-refractivity contribution >= 4 is 64.0 Å².